The molecule has 1 aliphatic heterocycles. The van der Waals surface area contributed by atoms with Gasteiger partial charge in [-0.15, -0.1) is 22.6 Å². The van der Waals surface area contributed by atoms with E-state index in [2.05, 4.69) is 187 Å². The van der Waals surface area contributed by atoms with Crippen molar-refractivity contribution in [3.8, 4) is 16.9 Å². The van der Waals surface area contributed by atoms with Crippen LogP contribution in [0.2, 0.25) is 0 Å². The van der Waals surface area contributed by atoms with E-state index in [1.54, 1.807) is 0 Å². The van der Waals surface area contributed by atoms with E-state index >= 15 is 0 Å². The summed E-state index contributed by atoms with van der Waals surface area (Å²) >= 11 is 0. The molecule has 0 fully saturated rings. The largest absolute Gasteiger partial charge is 2.00 e. The van der Waals surface area contributed by atoms with Crippen LogP contribution in [0.25, 0.3) is 38.8 Å². The first kappa shape index (κ1) is 32.5. The third-order valence-electron chi connectivity index (χ3n) is 11.0. The Kier molecular flexibility index (Phi) is 7.71. The number of fused-ring (bicyclic) bond motifs is 7. The quantitative estimate of drug-likeness (QED) is 0.161. The minimum atomic E-state index is -0.656. The molecule has 0 saturated heterocycles. The fourth-order valence-corrected chi connectivity index (χ4v) is 8.64. The maximum atomic E-state index is 4.95. The fourth-order valence-electron chi connectivity index (χ4n) is 8.64. The Labute approximate surface area is 319 Å². The summed E-state index contributed by atoms with van der Waals surface area (Å²) in [7, 11) is 2.16. The molecule has 0 radical (unpaired) electrons. The zero-order chi connectivity index (χ0) is 34.3. The number of rotatable bonds is 5. The van der Waals surface area contributed by atoms with Gasteiger partial charge in [0, 0.05) is 24.2 Å². The van der Waals surface area contributed by atoms with Crippen molar-refractivity contribution in [3.05, 3.63) is 186 Å². The van der Waals surface area contributed by atoms with Crippen molar-refractivity contribution < 1.29 is 21.1 Å². The van der Waals surface area contributed by atoms with Crippen molar-refractivity contribution in [2.24, 2.45) is 0 Å². The van der Waals surface area contributed by atoms with Gasteiger partial charge in [-0.05, 0) is 69.5 Å². The van der Waals surface area contributed by atoms with Gasteiger partial charge in [-0.3, -0.25) is 0 Å². The number of hydrogen-bond donors (Lipinski definition) is 0. The number of aromatic nitrogens is 2. The molecule has 2 aliphatic rings. The number of hydrogen-bond acceptors (Lipinski definition) is 3. The molecule has 5 heteroatoms. The van der Waals surface area contributed by atoms with E-state index in [-0.39, 0.29) is 21.1 Å². The molecular weight excluding hydrogens is 816 g/mol. The molecule has 3 heterocycles. The van der Waals surface area contributed by atoms with Crippen LogP contribution in [-0.2, 0) is 26.5 Å². The molecule has 52 heavy (non-hydrogen) atoms. The normalized spacial score (nSPS) is 14.1. The Morgan fingerprint density at radius 1 is 0.654 bits per heavy atom. The summed E-state index contributed by atoms with van der Waals surface area (Å²) in [5, 5.41) is 2.36. The molecular formula is C47H36N4Pt. The SMILES string of the molecule is CC(C)c1ccnc(-n2c3[c-]c(C4(c5[c-]c(N6CN(C)c7ccccc76)ccc5)c5ccccc5-c5ccccc54)ccc3c3ccccc32)c1.[Pt+2]. The van der Waals surface area contributed by atoms with Gasteiger partial charge >= 0.3 is 21.1 Å². The van der Waals surface area contributed by atoms with Crippen LogP contribution >= 0.6 is 0 Å². The van der Waals surface area contributed by atoms with Gasteiger partial charge in [0.25, 0.3) is 0 Å². The van der Waals surface area contributed by atoms with Crippen LogP contribution in [-0.4, -0.2) is 23.3 Å². The molecule has 1 aliphatic carbocycles. The van der Waals surface area contributed by atoms with Gasteiger partial charge in [-0.1, -0.05) is 104 Å². The van der Waals surface area contributed by atoms with Gasteiger partial charge in [-0.25, -0.2) is 4.98 Å². The van der Waals surface area contributed by atoms with Gasteiger partial charge in [0.1, 0.15) is 5.82 Å². The molecule has 0 amide bonds. The molecule has 0 atom stereocenters. The van der Waals surface area contributed by atoms with Crippen LogP contribution in [0.4, 0.5) is 17.1 Å². The third-order valence-corrected chi connectivity index (χ3v) is 11.0. The van der Waals surface area contributed by atoms with E-state index in [1.807, 2.05) is 6.20 Å². The van der Waals surface area contributed by atoms with E-state index in [0.717, 1.165) is 45.7 Å². The molecule has 6 aromatic carbocycles. The van der Waals surface area contributed by atoms with E-state index in [4.69, 9.17) is 4.98 Å². The van der Waals surface area contributed by atoms with Crippen LogP contribution in [0.5, 0.6) is 0 Å². The van der Waals surface area contributed by atoms with Crippen LogP contribution in [0, 0.1) is 12.1 Å². The first-order chi connectivity index (χ1) is 25.0. The summed E-state index contributed by atoms with van der Waals surface area (Å²) in [5.41, 5.74) is 13.4. The Bertz CT molecular complexity index is 2610. The zero-order valence-corrected chi connectivity index (χ0v) is 31.5. The second kappa shape index (κ2) is 12.4. The Hall–Kier alpha value is -5.44. The number of benzene rings is 6. The molecule has 2 aromatic heterocycles. The van der Waals surface area contributed by atoms with Crippen molar-refractivity contribution in [2.75, 3.05) is 23.5 Å². The Morgan fingerprint density at radius 2 is 1.33 bits per heavy atom. The third kappa shape index (κ3) is 4.60. The average Bonchev–Trinajstić information content (AvgIpc) is 3.81. The summed E-state index contributed by atoms with van der Waals surface area (Å²) in [4.78, 5) is 9.62. The molecule has 0 unspecified atom stereocenters. The second-order valence-corrected chi connectivity index (χ2v) is 14.1. The van der Waals surface area contributed by atoms with Crippen LogP contribution in [0.1, 0.15) is 47.6 Å². The summed E-state index contributed by atoms with van der Waals surface area (Å²) in [6.07, 6.45) is 1.94. The van der Waals surface area contributed by atoms with E-state index in [0.29, 0.717) is 5.92 Å². The Balaban J connectivity index is 0.00000360. The first-order valence-electron chi connectivity index (χ1n) is 17.8. The molecule has 0 bridgehead atoms. The average molecular weight is 852 g/mol. The van der Waals surface area contributed by atoms with Crippen LogP contribution in [0.3, 0.4) is 0 Å². The van der Waals surface area contributed by atoms with Crippen LogP contribution in [0.15, 0.2) is 146 Å². The summed E-state index contributed by atoms with van der Waals surface area (Å²) in [6.45, 7) is 5.23. The van der Waals surface area contributed by atoms with Crippen molar-refractivity contribution in [1.82, 2.24) is 9.55 Å². The monoisotopic (exact) mass is 851 g/mol. The number of anilines is 3. The topological polar surface area (TPSA) is 24.3 Å². The maximum Gasteiger partial charge on any atom is 2.00 e. The van der Waals surface area contributed by atoms with Crippen molar-refractivity contribution in [1.29, 1.82) is 0 Å². The standard InChI is InChI=1S/C47H36N4.Pt/c1-31(2)32-25-26-48-46(27-32)51-42-20-9-6-17-38(42)39-24-23-34(29-45(39)51)47(40-18-7-4-15-36(40)37-16-5-8-19-41(37)47)33-13-12-14-35(28-33)50-30-49(3)43-21-10-11-22-44(43)50;/h4-27,31H,30H2,1-3H3;/q-2;+2. The molecule has 0 spiro atoms. The van der Waals surface area contributed by atoms with Gasteiger partial charge < -0.3 is 14.4 Å². The van der Waals surface area contributed by atoms with Gasteiger partial charge in [-0.2, -0.15) is 36.4 Å². The van der Waals surface area contributed by atoms with Gasteiger partial charge in [0.15, 0.2) is 0 Å². The van der Waals surface area contributed by atoms with E-state index < -0.39 is 5.41 Å². The zero-order valence-electron chi connectivity index (χ0n) is 29.2. The number of para-hydroxylation sites is 3. The molecule has 0 N–H and O–H groups in total. The predicted octanol–water partition coefficient (Wildman–Crippen LogP) is 10.8. The smallest absolute Gasteiger partial charge is 0.355 e. The van der Waals surface area contributed by atoms with E-state index in [1.165, 1.54) is 44.6 Å². The van der Waals surface area contributed by atoms with Gasteiger partial charge in [0.05, 0.1) is 18.0 Å². The van der Waals surface area contributed by atoms with Gasteiger partial charge in [0.2, 0.25) is 0 Å². The fraction of sp³-hybridized carbons (Fsp3) is 0.128. The maximum absolute atomic E-state index is 4.95. The number of nitrogens with zero attached hydrogens (tertiary/aromatic N) is 4. The van der Waals surface area contributed by atoms with Crippen molar-refractivity contribution in [2.45, 2.75) is 25.2 Å². The van der Waals surface area contributed by atoms with Crippen LogP contribution < -0.4 is 9.80 Å². The van der Waals surface area contributed by atoms with Crippen molar-refractivity contribution >= 4 is 38.9 Å². The van der Waals surface area contributed by atoms with E-state index in [9.17, 15) is 0 Å². The summed E-state index contributed by atoms with van der Waals surface area (Å²) < 4.78 is 2.30. The molecule has 4 nitrogen and oxygen atoms in total. The Morgan fingerprint density at radius 3 is 2.10 bits per heavy atom. The summed E-state index contributed by atoms with van der Waals surface area (Å²) in [5.74, 6) is 1.30. The molecule has 0 saturated carbocycles. The summed E-state index contributed by atoms with van der Waals surface area (Å²) in [6, 6.07) is 58.8. The second-order valence-electron chi connectivity index (χ2n) is 14.1. The van der Waals surface area contributed by atoms with Crippen molar-refractivity contribution in [3.63, 3.8) is 0 Å². The molecule has 10 rings (SSSR count). The molecule has 8 aromatic rings. The predicted molar refractivity (Wildman–Crippen MR) is 209 cm³/mol. The minimum absolute atomic E-state index is 0. The minimum Gasteiger partial charge on any atom is -0.355 e. The first-order valence-corrected chi connectivity index (χ1v) is 17.8. The molecule has 254 valence electrons. The number of pyridine rings is 1.